The van der Waals surface area contributed by atoms with Gasteiger partial charge in [-0.05, 0) is 50.2 Å². The van der Waals surface area contributed by atoms with E-state index < -0.39 is 0 Å². The van der Waals surface area contributed by atoms with Gasteiger partial charge in [0, 0.05) is 59.8 Å². The fraction of sp³-hybridized carbons (Fsp3) is 0.364. The first-order valence-corrected chi connectivity index (χ1v) is 11.7. The molecule has 0 aliphatic rings. The van der Waals surface area contributed by atoms with E-state index in [1.807, 2.05) is 0 Å². The molecule has 2 aromatic rings. The highest BCUT2D eigenvalue weighted by Crippen LogP contribution is 2.30. The number of phenols is 2. The molecule has 10 heteroatoms. The van der Waals surface area contributed by atoms with Crippen molar-refractivity contribution in [2.24, 2.45) is 9.98 Å². The van der Waals surface area contributed by atoms with E-state index in [0.29, 0.717) is 34.3 Å². The molecule has 2 aromatic carbocycles. The standard InChI is InChI=1S/C22H26Cl4N4O2/c23-17-9-15(21(31)19(25)11-17)13-29-5-1-3-27-7-8-28-4-2-6-30-14-16-10-18(24)12-20(26)22(16)32/h9-14,27-28,31-32H,1-8H2. The lowest BCUT2D eigenvalue weighted by molar-refractivity contribution is 0.474. The lowest BCUT2D eigenvalue weighted by Crippen LogP contribution is -2.29. The van der Waals surface area contributed by atoms with E-state index in [9.17, 15) is 10.2 Å². The normalized spacial score (nSPS) is 11.8. The molecule has 6 nitrogen and oxygen atoms in total. The summed E-state index contributed by atoms with van der Waals surface area (Å²) in [6.45, 7) is 4.67. The van der Waals surface area contributed by atoms with E-state index in [2.05, 4.69) is 20.6 Å². The Morgan fingerprint density at radius 1 is 0.656 bits per heavy atom. The molecule has 0 aliphatic heterocycles. The van der Waals surface area contributed by atoms with Crippen LogP contribution in [0.25, 0.3) is 0 Å². The second-order valence-electron chi connectivity index (χ2n) is 6.93. The Morgan fingerprint density at radius 3 is 1.47 bits per heavy atom. The lowest BCUT2D eigenvalue weighted by atomic mass is 10.2. The largest absolute Gasteiger partial charge is 0.506 e. The fourth-order valence-electron chi connectivity index (χ4n) is 2.71. The first kappa shape index (κ1) is 26.7. The van der Waals surface area contributed by atoms with Crippen molar-refractivity contribution in [2.45, 2.75) is 12.8 Å². The van der Waals surface area contributed by atoms with E-state index in [4.69, 9.17) is 46.4 Å². The van der Waals surface area contributed by atoms with Crippen LogP contribution >= 0.6 is 46.4 Å². The highest BCUT2D eigenvalue weighted by Gasteiger charge is 2.06. The van der Waals surface area contributed by atoms with Crippen molar-refractivity contribution in [2.75, 3.05) is 39.3 Å². The molecule has 4 N–H and O–H groups in total. The summed E-state index contributed by atoms with van der Waals surface area (Å²) in [7, 11) is 0. The van der Waals surface area contributed by atoms with Gasteiger partial charge in [0.15, 0.2) is 0 Å². The molecular weight excluding hydrogens is 494 g/mol. The van der Waals surface area contributed by atoms with Gasteiger partial charge in [0.1, 0.15) is 11.5 Å². The summed E-state index contributed by atoms with van der Waals surface area (Å²) in [6, 6.07) is 6.23. The van der Waals surface area contributed by atoms with E-state index in [1.54, 1.807) is 24.6 Å². The molecule has 32 heavy (non-hydrogen) atoms. The SMILES string of the molecule is Oc1c(Cl)cc(Cl)cc1C=NCCCNCCNCCCN=Cc1cc(Cl)cc(Cl)c1O. The highest BCUT2D eigenvalue weighted by atomic mass is 35.5. The Kier molecular flexibility index (Phi) is 12.2. The van der Waals surface area contributed by atoms with Crippen LogP contribution < -0.4 is 10.6 Å². The third kappa shape index (κ3) is 9.53. The zero-order valence-electron chi connectivity index (χ0n) is 17.4. The van der Waals surface area contributed by atoms with Gasteiger partial charge in [0.2, 0.25) is 0 Å². The molecule has 174 valence electrons. The molecule has 0 fully saturated rings. The maximum Gasteiger partial charge on any atom is 0.143 e. The molecule has 0 aliphatic carbocycles. The number of benzene rings is 2. The van der Waals surface area contributed by atoms with E-state index in [0.717, 1.165) is 39.0 Å². The number of hydrogen-bond donors (Lipinski definition) is 4. The molecule has 0 radical (unpaired) electrons. The monoisotopic (exact) mass is 518 g/mol. The molecule has 0 heterocycles. The summed E-state index contributed by atoms with van der Waals surface area (Å²) in [6.07, 6.45) is 4.92. The van der Waals surface area contributed by atoms with Crippen LogP contribution in [0.1, 0.15) is 24.0 Å². The van der Waals surface area contributed by atoms with Gasteiger partial charge in [-0.15, -0.1) is 0 Å². The molecule has 0 unspecified atom stereocenters. The van der Waals surface area contributed by atoms with E-state index >= 15 is 0 Å². The van der Waals surface area contributed by atoms with Crippen molar-refractivity contribution in [3.8, 4) is 11.5 Å². The van der Waals surface area contributed by atoms with Crippen molar-refractivity contribution < 1.29 is 10.2 Å². The number of phenolic OH excluding ortho intramolecular Hbond substituents is 2. The predicted octanol–water partition coefficient (Wildman–Crippen LogP) is 5.21. The quantitative estimate of drug-likeness (QED) is 0.216. The number of rotatable bonds is 13. The second kappa shape index (κ2) is 14.6. The average Bonchev–Trinajstić information content (AvgIpc) is 2.74. The number of halogens is 4. The van der Waals surface area contributed by atoms with E-state index in [-0.39, 0.29) is 21.5 Å². The Balaban J connectivity index is 1.48. The van der Waals surface area contributed by atoms with Crippen LogP contribution in [0, 0.1) is 0 Å². The van der Waals surface area contributed by atoms with Crippen LogP contribution in [0.5, 0.6) is 11.5 Å². The Labute approximate surface area is 208 Å². The van der Waals surface area contributed by atoms with Gasteiger partial charge in [-0.1, -0.05) is 46.4 Å². The van der Waals surface area contributed by atoms with Crippen molar-refractivity contribution in [3.05, 3.63) is 55.5 Å². The summed E-state index contributed by atoms with van der Waals surface area (Å²) in [4.78, 5) is 8.59. The molecule has 0 spiro atoms. The summed E-state index contributed by atoms with van der Waals surface area (Å²) in [5.74, 6) is -0.0246. The van der Waals surface area contributed by atoms with Gasteiger partial charge in [0.25, 0.3) is 0 Å². The molecule has 2 rings (SSSR count). The maximum absolute atomic E-state index is 9.87. The van der Waals surface area contributed by atoms with Crippen LogP contribution in [0.15, 0.2) is 34.3 Å². The van der Waals surface area contributed by atoms with Gasteiger partial charge in [-0.3, -0.25) is 9.98 Å². The van der Waals surface area contributed by atoms with Crippen molar-refractivity contribution >= 4 is 58.8 Å². The number of aliphatic imine (C=N–C) groups is 2. The predicted molar refractivity (Wildman–Crippen MR) is 136 cm³/mol. The number of aromatic hydroxyl groups is 2. The minimum Gasteiger partial charge on any atom is -0.506 e. The lowest BCUT2D eigenvalue weighted by Gasteiger charge is -2.06. The summed E-state index contributed by atoms with van der Waals surface area (Å²) >= 11 is 23.6. The molecule has 0 amide bonds. The first-order valence-electron chi connectivity index (χ1n) is 10.2. The molecule has 0 saturated heterocycles. The topological polar surface area (TPSA) is 89.2 Å². The molecule has 0 saturated carbocycles. The summed E-state index contributed by atoms with van der Waals surface area (Å²) in [5.41, 5.74) is 1.02. The van der Waals surface area contributed by atoms with Gasteiger partial charge in [-0.2, -0.15) is 0 Å². The van der Waals surface area contributed by atoms with Crippen LogP contribution in [-0.4, -0.2) is 61.9 Å². The number of nitrogens with one attached hydrogen (secondary N) is 2. The van der Waals surface area contributed by atoms with Crippen LogP contribution in [-0.2, 0) is 0 Å². The fourth-order valence-corrected chi connectivity index (χ4v) is 3.73. The average molecular weight is 520 g/mol. The van der Waals surface area contributed by atoms with E-state index in [1.165, 1.54) is 12.1 Å². The zero-order valence-corrected chi connectivity index (χ0v) is 20.4. The number of hydrogen-bond acceptors (Lipinski definition) is 6. The van der Waals surface area contributed by atoms with Gasteiger partial charge >= 0.3 is 0 Å². The third-order valence-corrected chi connectivity index (χ3v) is 5.35. The summed E-state index contributed by atoms with van der Waals surface area (Å²) < 4.78 is 0. The zero-order chi connectivity index (χ0) is 23.3. The first-order chi connectivity index (χ1) is 15.4. The third-order valence-electron chi connectivity index (χ3n) is 4.34. The van der Waals surface area contributed by atoms with Crippen molar-refractivity contribution in [1.29, 1.82) is 0 Å². The van der Waals surface area contributed by atoms with Crippen molar-refractivity contribution in [3.63, 3.8) is 0 Å². The smallest absolute Gasteiger partial charge is 0.143 e. The number of nitrogens with zero attached hydrogens (tertiary/aromatic N) is 2. The highest BCUT2D eigenvalue weighted by molar-refractivity contribution is 6.36. The Morgan fingerprint density at radius 2 is 1.06 bits per heavy atom. The van der Waals surface area contributed by atoms with Crippen LogP contribution in [0.3, 0.4) is 0 Å². The molecule has 0 aromatic heterocycles. The Bertz CT molecular complexity index is 863. The maximum atomic E-state index is 9.87. The second-order valence-corrected chi connectivity index (χ2v) is 8.62. The van der Waals surface area contributed by atoms with Gasteiger partial charge < -0.3 is 20.8 Å². The minimum atomic E-state index is -0.0123. The minimum absolute atomic E-state index is 0.0123. The van der Waals surface area contributed by atoms with Crippen LogP contribution in [0.2, 0.25) is 20.1 Å². The van der Waals surface area contributed by atoms with Gasteiger partial charge in [0.05, 0.1) is 10.0 Å². The molecule has 0 atom stereocenters. The Hall–Kier alpha value is -1.54. The molecular formula is C22H26Cl4N4O2. The summed E-state index contributed by atoms with van der Waals surface area (Å²) in [5, 5.41) is 27.8. The van der Waals surface area contributed by atoms with Gasteiger partial charge in [-0.25, -0.2) is 0 Å². The molecule has 0 bridgehead atoms. The van der Waals surface area contributed by atoms with Crippen molar-refractivity contribution in [1.82, 2.24) is 10.6 Å². The van der Waals surface area contributed by atoms with Crippen LogP contribution in [0.4, 0.5) is 0 Å².